The Balaban J connectivity index is 2.40. The summed E-state index contributed by atoms with van der Waals surface area (Å²) in [7, 11) is 1.34. The molecule has 2 N–H and O–H groups in total. The molecular formula is C9H12N2O3S. The Morgan fingerprint density at radius 2 is 2.20 bits per heavy atom. The van der Waals surface area contributed by atoms with E-state index in [-0.39, 0.29) is 18.4 Å². The van der Waals surface area contributed by atoms with Gasteiger partial charge in [0.1, 0.15) is 0 Å². The van der Waals surface area contributed by atoms with Crippen LogP contribution in [0.2, 0.25) is 0 Å². The van der Waals surface area contributed by atoms with E-state index in [0.717, 1.165) is 4.88 Å². The van der Waals surface area contributed by atoms with Gasteiger partial charge in [0.15, 0.2) is 0 Å². The van der Waals surface area contributed by atoms with Crippen LogP contribution in [0.3, 0.4) is 0 Å². The van der Waals surface area contributed by atoms with Crippen LogP contribution in [-0.2, 0) is 9.63 Å². The number of thiophene rings is 1. The molecule has 1 aromatic heterocycles. The molecule has 0 unspecified atom stereocenters. The van der Waals surface area contributed by atoms with Gasteiger partial charge in [-0.1, -0.05) is 0 Å². The minimum absolute atomic E-state index is 0.0936. The number of carbonyl (C=O) groups excluding carboxylic acids is 2. The number of hydrogen-bond acceptors (Lipinski definition) is 4. The van der Waals surface area contributed by atoms with Crippen molar-refractivity contribution in [2.24, 2.45) is 0 Å². The fourth-order valence-electron chi connectivity index (χ4n) is 0.954. The number of aryl methyl sites for hydroxylation is 1. The normalized spacial score (nSPS) is 9.73. The molecule has 0 aliphatic rings. The van der Waals surface area contributed by atoms with Crippen molar-refractivity contribution < 1.29 is 14.4 Å². The third-order valence-electron chi connectivity index (χ3n) is 1.59. The standard InChI is InChI=1S/C9H12N2O3S/c1-6-3-4-7(15-6)9(13)10-5-8(12)11-14-2/h3-4H,5H2,1-2H3,(H,10,13)(H,11,12). The van der Waals surface area contributed by atoms with Gasteiger partial charge in [-0.05, 0) is 19.1 Å². The average Bonchev–Trinajstić information content (AvgIpc) is 2.62. The molecule has 82 valence electrons. The zero-order valence-electron chi connectivity index (χ0n) is 8.49. The Morgan fingerprint density at radius 1 is 1.47 bits per heavy atom. The summed E-state index contributed by atoms with van der Waals surface area (Å²) >= 11 is 1.39. The Morgan fingerprint density at radius 3 is 2.73 bits per heavy atom. The van der Waals surface area contributed by atoms with E-state index in [1.807, 2.05) is 13.0 Å². The molecule has 0 aliphatic heterocycles. The van der Waals surface area contributed by atoms with Crippen LogP contribution in [0.1, 0.15) is 14.5 Å². The van der Waals surface area contributed by atoms with Gasteiger partial charge in [-0.2, -0.15) is 0 Å². The lowest BCUT2D eigenvalue weighted by atomic mass is 10.4. The maximum atomic E-state index is 11.4. The molecule has 0 bridgehead atoms. The highest BCUT2D eigenvalue weighted by molar-refractivity contribution is 7.13. The van der Waals surface area contributed by atoms with Crippen LogP contribution in [-0.4, -0.2) is 25.5 Å². The quantitative estimate of drug-likeness (QED) is 0.736. The van der Waals surface area contributed by atoms with Crippen molar-refractivity contribution >= 4 is 23.2 Å². The van der Waals surface area contributed by atoms with Gasteiger partial charge in [0.2, 0.25) is 0 Å². The topological polar surface area (TPSA) is 67.4 Å². The molecule has 0 radical (unpaired) electrons. The van der Waals surface area contributed by atoms with E-state index in [1.165, 1.54) is 18.4 Å². The highest BCUT2D eigenvalue weighted by Crippen LogP contribution is 2.14. The number of hydroxylamine groups is 1. The molecule has 1 rings (SSSR count). The van der Waals surface area contributed by atoms with Crippen molar-refractivity contribution in [1.82, 2.24) is 10.8 Å². The first-order valence-corrected chi connectivity index (χ1v) is 5.11. The first-order chi connectivity index (χ1) is 7.13. The number of amides is 2. The molecule has 0 fully saturated rings. The van der Waals surface area contributed by atoms with Gasteiger partial charge in [0.05, 0.1) is 18.5 Å². The zero-order chi connectivity index (χ0) is 11.3. The minimum Gasteiger partial charge on any atom is -0.342 e. The maximum absolute atomic E-state index is 11.4. The summed E-state index contributed by atoms with van der Waals surface area (Å²) in [6, 6.07) is 3.58. The minimum atomic E-state index is -0.390. The van der Waals surface area contributed by atoms with Crippen LogP contribution in [0.15, 0.2) is 12.1 Å². The fourth-order valence-corrected chi connectivity index (χ4v) is 1.74. The lowest BCUT2D eigenvalue weighted by Gasteiger charge is -2.03. The van der Waals surface area contributed by atoms with Crippen molar-refractivity contribution in [3.8, 4) is 0 Å². The largest absolute Gasteiger partial charge is 0.342 e. The zero-order valence-corrected chi connectivity index (χ0v) is 9.31. The Kier molecular flexibility index (Phi) is 4.26. The molecule has 1 aromatic rings. The van der Waals surface area contributed by atoms with Crippen molar-refractivity contribution in [2.45, 2.75) is 6.92 Å². The van der Waals surface area contributed by atoms with Crippen molar-refractivity contribution in [3.63, 3.8) is 0 Å². The molecule has 6 heteroatoms. The summed E-state index contributed by atoms with van der Waals surface area (Å²) in [6.07, 6.45) is 0. The van der Waals surface area contributed by atoms with Gasteiger partial charge in [-0.3, -0.25) is 14.4 Å². The van der Waals surface area contributed by atoms with Gasteiger partial charge >= 0.3 is 0 Å². The summed E-state index contributed by atoms with van der Waals surface area (Å²) in [4.78, 5) is 28.4. The highest BCUT2D eigenvalue weighted by atomic mass is 32.1. The van der Waals surface area contributed by atoms with E-state index in [0.29, 0.717) is 4.88 Å². The van der Waals surface area contributed by atoms with Crippen LogP contribution < -0.4 is 10.8 Å². The van der Waals surface area contributed by atoms with Gasteiger partial charge in [0, 0.05) is 4.88 Å². The average molecular weight is 228 g/mol. The maximum Gasteiger partial charge on any atom is 0.262 e. The second-order valence-electron chi connectivity index (χ2n) is 2.82. The van der Waals surface area contributed by atoms with E-state index < -0.39 is 0 Å². The molecule has 0 atom stereocenters. The monoisotopic (exact) mass is 228 g/mol. The first-order valence-electron chi connectivity index (χ1n) is 4.30. The Labute approximate surface area is 91.4 Å². The summed E-state index contributed by atoms with van der Waals surface area (Å²) in [5.74, 6) is -0.640. The molecule has 0 aliphatic carbocycles. The van der Waals surface area contributed by atoms with Gasteiger partial charge in [-0.25, -0.2) is 5.48 Å². The molecule has 0 aromatic carbocycles. The predicted octanol–water partition coefficient (Wildman–Crippen LogP) is 0.464. The molecular weight excluding hydrogens is 216 g/mol. The third kappa shape index (κ3) is 3.69. The van der Waals surface area contributed by atoms with E-state index in [4.69, 9.17) is 0 Å². The number of rotatable bonds is 4. The summed E-state index contributed by atoms with van der Waals surface area (Å²) < 4.78 is 0. The van der Waals surface area contributed by atoms with Crippen molar-refractivity contribution in [3.05, 3.63) is 21.9 Å². The number of hydrogen-bond donors (Lipinski definition) is 2. The van der Waals surface area contributed by atoms with Crippen LogP contribution in [0, 0.1) is 6.92 Å². The van der Waals surface area contributed by atoms with Crippen LogP contribution in [0.25, 0.3) is 0 Å². The molecule has 0 spiro atoms. The second-order valence-corrected chi connectivity index (χ2v) is 4.11. The summed E-state index contributed by atoms with van der Waals surface area (Å²) in [5.41, 5.74) is 2.11. The van der Waals surface area contributed by atoms with Crippen molar-refractivity contribution in [1.29, 1.82) is 0 Å². The molecule has 15 heavy (non-hydrogen) atoms. The molecule has 1 heterocycles. The van der Waals surface area contributed by atoms with E-state index >= 15 is 0 Å². The Bertz CT molecular complexity index is 362. The fraction of sp³-hybridized carbons (Fsp3) is 0.333. The van der Waals surface area contributed by atoms with Crippen LogP contribution >= 0.6 is 11.3 Å². The molecule has 0 saturated heterocycles. The lowest BCUT2D eigenvalue weighted by molar-refractivity contribution is -0.130. The van der Waals surface area contributed by atoms with E-state index in [9.17, 15) is 9.59 Å². The van der Waals surface area contributed by atoms with E-state index in [1.54, 1.807) is 6.07 Å². The smallest absolute Gasteiger partial charge is 0.262 e. The molecule has 0 saturated carbocycles. The van der Waals surface area contributed by atoms with Gasteiger partial charge < -0.3 is 5.32 Å². The number of carbonyl (C=O) groups is 2. The van der Waals surface area contributed by atoms with Crippen molar-refractivity contribution in [2.75, 3.05) is 13.7 Å². The third-order valence-corrected chi connectivity index (χ3v) is 2.59. The summed E-state index contributed by atoms with van der Waals surface area (Å²) in [5, 5.41) is 2.48. The van der Waals surface area contributed by atoms with Gasteiger partial charge in [0.25, 0.3) is 11.8 Å². The second kappa shape index (κ2) is 5.47. The molecule has 2 amide bonds. The van der Waals surface area contributed by atoms with E-state index in [2.05, 4.69) is 15.6 Å². The molecule has 5 nitrogen and oxygen atoms in total. The van der Waals surface area contributed by atoms with Crippen LogP contribution in [0.4, 0.5) is 0 Å². The van der Waals surface area contributed by atoms with Gasteiger partial charge in [-0.15, -0.1) is 11.3 Å². The first kappa shape index (κ1) is 11.7. The summed E-state index contributed by atoms with van der Waals surface area (Å²) in [6.45, 7) is 1.82. The Hall–Kier alpha value is -1.40. The van der Waals surface area contributed by atoms with Crippen LogP contribution in [0.5, 0.6) is 0 Å². The number of nitrogens with one attached hydrogen (secondary N) is 2. The lowest BCUT2D eigenvalue weighted by Crippen LogP contribution is -2.36. The predicted molar refractivity (Wildman–Crippen MR) is 56.5 cm³/mol. The SMILES string of the molecule is CONC(=O)CNC(=O)c1ccc(C)s1. The highest BCUT2D eigenvalue weighted by Gasteiger charge is 2.09.